The molecular weight excluding hydrogens is 496 g/mol. The van der Waals surface area contributed by atoms with Crippen molar-refractivity contribution in [2.24, 2.45) is 5.92 Å². The molecule has 1 spiro atoms. The van der Waals surface area contributed by atoms with E-state index >= 15 is 0 Å². The summed E-state index contributed by atoms with van der Waals surface area (Å²) in [6.07, 6.45) is 2.67. The van der Waals surface area contributed by atoms with Crippen molar-refractivity contribution in [3.63, 3.8) is 0 Å². The molecule has 0 bridgehead atoms. The Balaban J connectivity index is 1.24. The highest BCUT2D eigenvalue weighted by molar-refractivity contribution is 7.10. The minimum atomic E-state index is -1.48. The smallest absolute Gasteiger partial charge is 0.418 e. The molecule has 11 heteroatoms. The lowest BCUT2D eigenvalue weighted by Crippen LogP contribution is -2.55. The summed E-state index contributed by atoms with van der Waals surface area (Å²) in [7, 11) is 1.51. The molecule has 2 aliphatic heterocycles. The van der Waals surface area contributed by atoms with Gasteiger partial charge in [0.15, 0.2) is 0 Å². The number of imide groups is 1. The minimum Gasteiger partial charge on any atom is -0.427 e. The number of urea groups is 1. The zero-order chi connectivity index (χ0) is 25.9. The fourth-order valence-electron chi connectivity index (χ4n) is 5.88. The standard InChI is InChI=1S/C26H28N4O6S/c1-27-23(33)28-18-4-5-19-16(12-18)6-9-25(19)22(32)29(24(34)36-25)14-21(31)30-13-20-15(8-11-37-20)7-10-26(30,35)17-2-3-17/h4-5,8,11-12,17,35H,2-3,6-7,9-10,13-14H2,1H3,(H2,27,28,33)/t25-,26+/m0/s1. The summed E-state index contributed by atoms with van der Waals surface area (Å²) in [6, 6.07) is 6.76. The van der Waals surface area contributed by atoms with E-state index in [9.17, 15) is 24.3 Å². The number of aliphatic hydroxyl groups is 1. The van der Waals surface area contributed by atoms with Crippen molar-refractivity contribution in [3.8, 4) is 0 Å². The van der Waals surface area contributed by atoms with Crippen molar-refractivity contribution in [1.29, 1.82) is 0 Å². The molecule has 1 aromatic heterocycles. The van der Waals surface area contributed by atoms with Gasteiger partial charge in [0.25, 0.3) is 5.91 Å². The SMILES string of the molecule is CNC(=O)Nc1ccc2c(c1)CC[C@]21OC(=O)N(CC(=O)N2Cc3sccc3CC[C@@]2(O)C2CC2)C1=O. The first-order valence-corrected chi connectivity index (χ1v) is 13.4. The van der Waals surface area contributed by atoms with Crippen molar-refractivity contribution >= 4 is 41.0 Å². The number of aryl methyl sites for hydroxylation is 2. The maximum Gasteiger partial charge on any atom is 0.418 e. The van der Waals surface area contributed by atoms with Gasteiger partial charge < -0.3 is 25.4 Å². The molecule has 10 nitrogen and oxygen atoms in total. The van der Waals surface area contributed by atoms with E-state index in [1.807, 2.05) is 11.4 Å². The fourth-order valence-corrected chi connectivity index (χ4v) is 6.80. The molecule has 194 valence electrons. The number of carbonyl (C=O) groups is 4. The molecule has 2 fully saturated rings. The van der Waals surface area contributed by atoms with Crippen LogP contribution in [0.4, 0.5) is 15.3 Å². The van der Waals surface area contributed by atoms with Crippen LogP contribution in [0.1, 0.15) is 47.3 Å². The summed E-state index contributed by atoms with van der Waals surface area (Å²) in [5.41, 5.74) is 0.272. The van der Waals surface area contributed by atoms with Gasteiger partial charge >= 0.3 is 12.1 Å². The monoisotopic (exact) mass is 524 g/mol. The molecule has 0 unspecified atom stereocenters. The Kier molecular flexibility index (Phi) is 5.53. The van der Waals surface area contributed by atoms with E-state index in [0.717, 1.165) is 33.7 Å². The first-order valence-electron chi connectivity index (χ1n) is 12.5. The zero-order valence-corrected chi connectivity index (χ0v) is 21.2. The molecule has 0 radical (unpaired) electrons. The number of rotatable bonds is 4. The highest BCUT2D eigenvalue weighted by atomic mass is 32.1. The first-order chi connectivity index (χ1) is 17.7. The van der Waals surface area contributed by atoms with Crippen LogP contribution in [0.3, 0.4) is 0 Å². The third-order valence-corrected chi connectivity index (χ3v) is 8.99. The fraction of sp³-hybridized carbons (Fsp3) is 0.462. The number of hydrogen-bond acceptors (Lipinski definition) is 7. The summed E-state index contributed by atoms with van der Waals surface area (Å²) in [5.74, 6) is -1.04. The summed E-state index contributed by atoms with van der Waals surface area (Å²) >= 11 is 1.54. The summed E-state index contributed by atoms with van der Waals surface area (Å²) in [6.45, 7) is -0.230. The van der Waals surface area contributed by atoms with Gasteiger partial charge in [-0.1, -0.05) is 6.07 Å². The average molecular weight is 525 g/mol. The average Bonchev–Trinajstić information content (AvgIpc) is 3.53. The predicted molar refractivity (Wildman–Crippen MR) is 134 cm³/mol. The number of carbonyl (C=O) groups excluding carboxylic acids is 4. The molecule has 1 saturated carbocycles. The molecule has 1 saturated heterocycles. The van der Waals surface area contributed by atoms with Crippen molar-refractivity contribution in [1.82, 2.24) is 15.1 Å². The van der Waals surface area contributed by atoms with Crippen LogP contribution >= 0.6 is 11.3 Å². The zero-order valence-electron chi connectivity index (χ0n) is 20.4. The molecule has 6 rings (SSSR count). The van der Waals surface area contributed by atoms with Crippen molar-refractivity contribution in [2.45, 2.75) is 56.4 Å². The second kappa shape index (κ2) is 8.56. The summed E-state index contributed by atoms with van der Waals surface area (Å²) in [4.78, 5) is 55.2. The lowest BCUT2D eigenvalue weighted by Gasteiger charge is -2.39. The number of nitrogens with zero attached hydrogens (tertiary/aromatic N) is 2. The largest absolute Gasteiger partial charge is 0.427 e. The van der Waals surface area contributed by atoms with E-state index in [1.54, 1.807) is 29.5 Å². The second-order valence-corrected chi connectivity index (χ2v) is 11.2. The lowest BCUT2D eigenvalue weighted by molar-refractivity contribution is -0.170. The van der Waals surface area contributed by atoms with E-state index in [4.69, 9.17) is 4.74 Å². The van der Waals surface area contributed by atoms with Crippen molar-refractivity contribution in [2.75, 3.05) is 18.9 Å². The van der Waals surface area contributed by atoms with E-state index in [-0.39, 0.29) is 24.9 Å². The maximum absolute atomic E-state index is 13.6. The minimum absolute atomic E-state index is 0.00247. The molecule has 3 heterocycles. The molecule has 5 amide bonds. The van der Waals surface area contributed by atoms with Gasteiger partial charge in [-0.2, -0.15) is 0 Å². The number of fused-ring (bicyclic) bond motifs is 3. The number of nitrogens with one attached hydrogen (secondary N) is 2. The van der Waals surface area contributed by atoms with Crippen LogP contribution in [0.2, 0.25) is 0 Å². The number of amides is 5. The van der Waals surface area contributed by atoms with Gasteiger partial charge in [-0.15, -0.1) is 11.3 Å². The van der Waals surface area contributed by atoms with Gasteiger partial charge in [0.1, 0.15) is 12.3 Å². The molecule has 4 aliphatic rings. The Hall–Kier alpha value is -3.44. The maximum atomic E-state index is 13.6. The quantitative estimate of drug-likeness (QED) is 0.564. The topological polar surface area (TPSA) is 128 Å². The number of hydrogen-bond donors (Lipinski definition) is 3. The van der Waals surface area contributed by atoms with Crippen LogP contribution in [0, 0.1) is 5.92 Å². The summed E-state index contributed by atoms with van der Waals surface area (Å²) < 4.78 is 5.68. The number of ether oxygens (including phenoxy) is 1. The second-order valence-electron chi connectivity index (χ2n) is 10.2. The molecule has 2 aromatic rings. The molecule has 2 aliphatic carbocycles. The number of benzene rings is 1. The van der Waals surface area contributed by atoms with Crippen LogP contribution in [-0.4, -0.2) is 58.2 Å². The Morgan fingerprint density at radius 3 is 2.70 bits per heavy atom. The third kappa shape index (κ3) is 3.79. The van der Waals surface area contributed by atoms with Crippen LogP contribution in [-0.2, 0) is 39.3 Å². The number of anilines is 1. The van der Waals surface area contributed by atoms with Gasteiger partial charge in [-0.3, -0.25) is 9.59 Å². The molecule has 3 N–H and O–H groups in total. The van der Waals surface area contributed by atoms with Crippen LogP contribution < -0.4 is 10.6 Å². The van der Waals surface area contributed by atoms with Crippen molar-refractivity contribution < 1.29 is 29.0 Å². The highest BCUT2D eigenvalue weighted by Crippen LogP contribution is 2.48. The van der Waals surface area contributed by atoms with E-state index < -0.39 is 35.8 Å². The van der Waals surface area contributed by atoms with Gasteiger partial charge in [-0.25, -0.2) is 14.5 Å². The predicted octanol–water partition coefficient (Wildman–Crippen LogP) is 2.69. The Labute approximate surface area is 217 Å². The van der Waals surface area contributed by atoms with E-state index in [0.29, 0.717) is 30.5 Å². The van der Waals surface area contributed by atoms with Gasteiger partial charge in [0, 0.05) is 35.5 Å². The van der Waals surface area contributed by atoms with Crippen LogP contribution in [0.25, 0.3) is 0 Å². The van der Waals surface area contributed by atoms with Crippen molar-refractivity contribution in [3.05, 3.63) is 51.2 Å². The molecule has 1 aromatic carbocycles. The molecule has 2 atom stereocenters. The first kappa shape index (κ1) is 23.9. The van der Waals surface area contributed by atoms with Gasteiger partial charge in [0.2, 0.25) is 11.5 Å². The summed E-state index contributed by atoms with van der Waals surface area (Å²) in [5, 5.41) is 18.8. The van der Waals surface area contributed by atoms with Gasteiger partial charge in [0.05, 0.1) is 6.54 Å². The van der Waals surface area contributed by atoms with Gasteiger partial charge in [-0.05, 0) is 66.8 Å². The Bertz CT molecular complexity index is 1320. The Morgan fingerprint density at radius 2 is 1.95 bits per heavy atom. The normalized spacial score (nSPS) is 26.5. The van der Waals surface area contributed by atoms with E-state index in [2.05, 4.69) is 10.6 Å². The molecular formula is C26H28N4O6S. The lowest BCUT2D eigenvalue weighted by atomic mass is 9.94. The highest BCUT2D eigenvalue weighted by Gasteiger charge is 2.59. The van der Waals surface area contributed by atoms with Crippen LogP contribution in [0.15, 0.2) is 29.6 Å². The molecule has 37 heavy (non-hydrogen) atoms. The third-order valence-electron chi connectivity index (χ3n) is 8.04. The number of thiophene rings is 1. The van der Waals surface area contributed by atoms with E-state index in [1.165, 1.54) is 11.9 Å². The van der Waals surface area contributed by atoms with Crippen LogP contribution in [0.5, 0.6) is 0 Å². The Morgan fingerprint density at radius 1 is 1.16 bits per heavy atom.